The number of imidazole rings is 1. The Kier molecular flexibility index (Phi) is 3.17. The van der Waals surface area contributed by atoms with Gasteiger partial charge in [0.2, 0.25) is 0 Å². The standard InChI is InChI=1S/C15H15N3S/c1-11-5-4-6-13(15(11)16)19-10-12-9-18-8-3-2-7-14(18)17-12/h2-9H,10,16H2,1H3. The summed E-state index contributed by atoms with van der Waals surface area (Å²) in [4.78, 5) is 5.70. The molecular weight excluding hydrogens is 254 g/mol. The summed E-state index contributed by atoms with van der Waals surface area (Å²) in [6.45, 7) is 2.03. The van der Waals surface area contributed by atoms with Crippen molar-refractivity contribution in [2.45, 2.75) is 17.6 Å². The lowest BCUT2D eigenvalue weighted by atomic mass is 10.2. The van der Waals surface area contributed by atoms with Crippen molar-refractivity contribution in [3.8, 4) is 0 Å². The molecule has 0 aliphatic carbocycles. The fourth-order valence-electron chi connectivity index (χ4n) is 1.99. The minimum atomic E-state index is 0.829. The van der Waals surface area contributed by atoms with Gasteiger partial charge >= 0.3 is 0 Å². The second kappa shape index (κ2) is 4.97. The van der Waals surface area contributed by atoms with Crippen LogP contribution in [0, 0.1) is 6.92 Å². The van der Waals surface area contributed by atoms with Gasteiger partial charge in [-0.25, -0.2) is 4.98 Å². The summed E-state index contributed by atoms with van der Waals surface area (Å²) in [6.07, 6.45) is 4.08. The zero-order valence-electron chi connectivity index (χ0n) is 10.7. The number of para-hydroxylation sites is 1. The molecule has 3 nitrogen and oxygen atoms in total. The predicted molar refractivity (Wildman–Crippen MR) is 80.3 cm³/mol. The Morgan fingerprint density at radius 1 is 1.21 bits per heavy atom. The lowest BCUT2D eigenvalue weighted by Crippen LogP contribution is -1.92. The molecule has 19 heavy (non-hydrogen) atoms. The quantitative estimate of drug-likeness (QED) is 0.584. The van der Waals surface area contributed by atoms with Crippen LogP contribution in [0.15, 0.2) is 53.7 Å². The molecule has 0 saturated heterocycles. The van der Waals surface area contributed by atoms with Crippen LogP contribution in [0.3, 0.4) is 0 Å². The number of hydrogen-bond donors (Lipinski definition) is 1. The third-order valence-corrected chi connectivity index (χ3v) is 4.18. The van der Waals surface area contributed by atoms with Crippen molar-refractivity contribution in [1.82, 2.24) is 9.38 Å². The van der Waals surface area contributed by atoms with Crippen LogP contribution in [0.4, 0.5) is 5.69 Å². The van der Waals surface area contributed by atoms with E-state index in [2.05, 4.69) is 17.2 Å². The maximum Gasteiger partial charge on any atom is 0.137 e. The first-order valence-electron chi connectivity index (χ1n) is 6.14. The summed E-state index contributed by atoms with van der Waals surface area (Å²) >= 11 is 1.73. The number of anilines is 1. The van der Waals surface area contributed by atoms with E-state index in [0.717, 1.165) is 33.2 Å². The molecule has 2 heterocycles. The van der Waals surface area contributed by atoms with Crippen LogP contribution in [-0.2, 0) is 5.75 Å². The molecule has 4 heteroatoms. The topological polar surface area (TPSA) is 43.3 Å². The van der Waals surface area contributed by atoms with Gasteiger partial charge in [-0.2, -0.15) is 0 Å². The van der Waals surface area contributed by atoms with Gasteiger partial charge in [-0.1, -0.05) is 18.2 Å². The monoisotopic (exact) mass is 269 g/mol. The Morgan fingerprint density at radius 3 is 2.95 bits per heavy atom. The molecule has 0 amide bonds. The predicted octanol–water partition coefficient (Wildman–Crippen LogP) is 3.52. The molecule has 0 saturated carbocycles. The molecular formula is C15H15N3S. The molecule has 1 aromatic carbocycles. The summed E-state index contributed by atoms with van der Waals surface area (Å²) in [5.41, 5.74) is 10.1. The van der Waals surface area contributed by atoms with Gasteiger partial charge in [0.05, 0.1) is 5.69 Å². The second-order valence-electron chi connectivity index (χ2n) is 4.47. The number of aromatic nitrogens is 2. The normalized spacial score (nSPS) is 11.0. The van der Waals surface area contributed by atoms with E-state index < -0.39 is 0 Å². The molecule has 0 aliphatic rings. The number of nitrogens with two attached hydrogens (primary N) is 1. The zero-order valence-corrected chi connectivity index (χ0v) is 11.5. The average Bonchev–Trinajstić information content (AvgIpc) is 2.83. The summed E-state index contributed by atoms with van der Waals surface area (Å²) in [6, 6.07) is 12.1. The Bertz CT molecular complexity index is 685. The Hall–Kier alpha value is -1.94. The zero-order chi connectivity index (χ0) is 13.2. The summed E-state index contributed by atoms with van der Waals surface area (Å²) in [5, 5.41) is 0. The van der Waals surface area contributed by atoms with Crippen molar-refractivity contribution in [3.05, 3.63) is 60.0 Å². The Labute approximate surface area is 116 Å². The first-order chi connectivity index (χ1) is 9.24. The molecule has 96 valence electrons. The second-order valence-corrected chi connectivity index (χ2v) is 5.49. The van der Waals surface area contributed by atoms with E-state index >= 15 is 0 Å². The van der Waals surface area contributed by atoms with Crippen LogP contribution >= 0.6 is 11.8 Å². The van der Waals surface area contributed by atoms with E-state index in [0.29, 0.717) is 0 Å². The molecule has 0 aliphatic heterocycles. The van der Waals surface area contributed by atoms with E-state index in [1.807, 2.05) is 47.9 Å². The van der Waals surface area contributed by atoms with Crippen LogP contribution in [0.25, 0.3) is 5.65 Å². The first-order valence-corrected chi connectivity index (χ1v) is 7.13. The maximum atomic E-state index is 6.08. The third kappa shape index (κ3) is 2.44. The molecule has 0 unspecified atom stereocenters. The van der Waals surface area contributed by atoms with Crippen LogP contribution in [0.2, 0.25) is 0 Å². The molecule has 3 rings (SSSR count). The Balaban J connectivity index is 1.80. The highest BCUT2D eigenvalue weighted by molar-refractivity contribution is 7.98. The van der Waals surface area contributed by atoms with Crippen molar-refractivity contribution >= 4 is 23.1 Å². The lowest BCUT2D eigenvalue weighted by molar-refractivity contribution is 1.18. The van der Waals surface area contributed by atoms with Gasteiger partial charge in [-0.3, -0.25) is 0 Å². The van der Waals surface area contributed by atoms with Gasteiger partial charge in [0.1, 0.15) is 5.65 Å². The van der Waals surface area contributed by atoms with Crippen molar-refractivity contribution in [2.24, 2.45) is 0 Å². The molecule has 2 N–H and O–H groups in total. The number of benzene rings is 1. The largest absolute Gasteiger partial charge is 0.398 e. The molecule has 0 atom stereocenters. The van der Waals surface area contributed by atoms with Crippen LogP contribution in [0.1, 0.15) is 11.3 Å². The summed E-state index contributed by atoms with van der Waals surface area (Å²) in [7, 11) is 0. The van der Waals surface area contributed by atoms with E-state index in [1.165, 1.54) is 0 Å². The van der Waals surface area contributed by atoms with Crippen molar-refractivity contribution < 1.29 is 0 Å². The average molecular weight is 269 g/mol. The molecule has 2 aromatic heterocycles. The van der Waals surface area contributed by atoms with Crippen molar-refractivity contribution in [1.29, 1.82) is 0 Å². The number of rotatable bonds is 3. The number of hydrogen-bond acceptors (Lipinski definition) is 3. The van der Waals surface area contributed by atoms with E-state index in [9.17, 15) is 0 Å². The molecule has 0 radical (unpaired) electrons. The van der Waals surface area contributed by atoms with Crippen LogP contribution in [-0.4, -0.2) is 9.38 Å². The summed E-state index contributed by atoms with van der Waals surface area (Å²) < 4.78 is 2.04. The third-order valence-electron chi connectivity index (χ3n) is 3.07. The number of nitrogens with zero attached hydrogens (tertiary/aromatic N) is 2. The maximum absolute atomic E-state index is 6.08. The van der Waals surface area contributed by atoms with E-state index in [1.54, 1.807) is 11.8 Å². The van der Waals surface area contributed by atoms with E-state index in [-0.39, 0.29) is 0 Å². The number of pyridine rings is 1. The molecule has 0 bridgehead atoms. The molecule has 0 spiro atoms. The van der Waals surface area contributed by atoms with E-state index in [4.69, 9.17) is 5.73 Å². The Morgan fingerprint density at radius 2 is 2.11 bits per heavy atom. The van der Waals surface area contributed by atoms with Gasteiger partial charge in [0.15, 0.2) is 0 Å². The number of aryl methyl sites for hydroxylation is 1. The van der Waals surface area contributed by atoms with Crippen molar-refractivity contribution in [2.75, 3.05) is 5.73 Å². The van der Waals surface area contributed by atoms with Crippen LogP contribution in [0.5, 0.6) is 0 Å². The first kappa shape index (κ1) is 12.1. The van der Waals surface area contributed by atoms with Gasteiger partial charge in [-0.15, -0.1) is 11.8 Å². The number of thioether (sulfide) groups is 1. The fraction of sp³-hybridized carbons (Fsp3) is 0.133. The minimum Gasteiger partial charge on any atom is -0.398 e. The van der Waals surface area contributed by atoms with Crippen LogP contribution < -0.4 is 5.73 Å². The minimum absolute atomic E-state index is 0.829. The summed E-state index contributed by atoms with van der Waals surface area (Å²) in [5.74, 6) is 0.829. The number of nitrogen functional groups attached to an aromatic ring is 1. The fourth-order valence-corrected chi connectivity index (χ4v) is 2.92. The number of fused-ring (bicyclic) bond motifs is 1. The van der Waals surface area contributed by atoms with Gasteiger partial charge in [-0.05, 0) is 30.7 Å². The molecule has 3 aromatic rings. The van der Waals surface area contributed by atoms with Gasteiger partial charge < -0.3 is 10.1 Å². The molecule has 0 fully saturated rings. The SMILES string of the molecule is Cc1cccc(SCc2cn3ccccc3n2)c1N. The smallest absolute Gasteiger partial charge is 0.137 e. The lowest BCUT2D eigenvalue weighted by Gasteiger charge is -2.06. The van der Waals surface area contributed by atoms with Crippen molar-refractivity contribution in [3.63, 3.8) is 0 Å². The highest BCUT2D eigenvalue weighted by Gasteiger charge is 2.05. The van der Waals surface area contributed by atoms with Gasteiger partial charge in [0, 0.05) is 28.7 Å². The highest BCUT2D eigenvalue weighted by Crippen LogP contribution is 2.29. The highest BCUT2D eigenvalue weighted by atomic mass is 32.2. The van der Waals surface area contributed by atoms with Gasteiger partial charge in [0.25, 0.3) is 0 Å².